The molecule has 0 unspecified atom stereocenters. The Morgan fingerprint density at radius 2 is 1.94 bits per heavy atom. The van der Waals surface area contributed by atoms with Gasteiger partial charge >= 0.3 is 0 Å². The zero-order valence-electron chi connectivity index (χ0n) is 9.35. The van der Waals surface area contributed by atoms with Crippen LogP contribution in [0, 0.1) is 0 Å². The maximum Gasteiger partial charge on any atom is 0.252 e. The molecule has 0 fully saturated rings. The van der Waals surface area contributed by atoms with E-state index in [1.807, 2.05) is 0 Å². The van der Waals surface area contributed by atoms with Gasteiger partial charge in [0.25, 0.3) is 5.91 Å². The van der Waals surface area contributed by atoms with Crippen molar-refractivity contribution in [3.05, 3.63) is 47.1 Å². The second kappa shape index (κ2) is 4.93. The van der Waals surface area contributed by atoms with Crippen molar-refractivity contribution in [3.63, 3.8) is 0 Å². The summed E-state index contributed by atoms with van der Waals surface area (Å²) in [5.41, 5.74) is 12.2. The number of nitrogen functional groups attached to an aromatic ring is 1. The number of amides is 1. The predicted octanol–water partition coefficient (Wildman–Crippen LogP) is 2.16. The number of benzene rings is 1. The molecule has 0 aliphatic carbocycles. The van der Waals surface area contributed by atoms with Crippen LogP contribution < -0.4 is 16.8 Å². The van der Waals surface area contributed by atoms with E-state index in [0.29, 0.717) is 16.5 Å². The Morgan fingerprint density at radius 3 is 2.56 bits per heavy atom. The molecule has 0 bridgehead atoms. The summed E-state index contributed by atoms with van der Waals surface area (Å²) in [5.74, 6) is -0.231. The van der Waals surface area contributed by atoms with Gasteiger partial charge < -0.3 is 16.8 Å². The van der Waals surface area contributed by atoms with Gasteiger partial charge in [0.15, 0.2) is 0 Å². The van der Waals surface area contributed by atoms with Crippen molar-refractivity contribution in [2.45, 2.75) is 0 Å². The smallest absolute Gasteiger partial charge is 0.252 e. The van der Waals surface area contributed by atoms with Gasteiger partial charge in [-0.2, -0.15) is 0 Å². The van der Waals surface area contributed by atoms with E-state index in [1.165, 1.54) is 12.3 Å². The molecule has 18 heavy (non-hydrogen) atoms. The summed E-state index contributed by atoms with van der Waals surface area (Å²) in [6, 6.07) is 8.47. The number of hydrogen-bond donors (Lipinski definition) is 3. The Hall–Kier alpha value is -2.27. The van der Waals surface area contributed by atoms with Crippen molar-refractivity contribution in [1.29, 1.82) is 0 Å². The molecule has 5 N–H and O–H groups in total. The van der Waals surface area contributed by atoms with Crippen LogP contribution in [0.15, 0.2) is 36.5 Å². The molecule has 1 aromatic carbocycles. The topological polar surface area (TPSA) is 94.0 Å². The van der Waals surface area contributed by atoms with Gasteiger partial charge in [0.1, 0.15) is 5.82 Å². The number of nitrogens with two attached hydrogens (primary N) is 2. The lowest BCUT2D eigenvalue weighted by Gasteiger charge is -2.09. The highest BCUT2D eigenvalue weighted by Crippen LogP contribution is 2.21. The van der Waals surface area contributed by atoms with Crippen molar-refractivity contribution >= 4 is 34.7 Å². The fourth-order valence-electron chi connectivity index (χ4n) is 1.44. The van der Waals surface area contributed by atoms with Crippen LogP contribution in [0.2, 0.25) is 5.02 Å². The van der Waals surface area contributed by atoms with Gasteiger partial charge in [0, 0.05) is 10.7 Å². The first-order chi connectivity index (χ1) is 8.56. The van der Waals surface area contributed by atoms with E-state index in [1.54, 1.807) is 24.3 Å². The largest absolute Gasteiger partial charge is 0.397 e. The maximum absolute atomic E-state index is 11.3. The van der Waals surface area contributed by atoms with Crippen LogP contribution >= 0.6 is 11.6 Å². The molecule has 0 saturated carbocycles. The fraction of sp³-hybridized carbons (Fsp3) is 0. The number of pyridine rings is 1. The molecule has 5 nitrogen and oxygen atoms in total. The summed E-state index contributed by atoms with van der Waals surface area (Å²) in [5, 5.41) is 3.61. The third kappa shape index (κ3) is 2.70. The Kier molecular flexibility index (Phi) is 3.34. The molecule has 0 spiro atoms. The normalized spacial score (nSPS) is 10.1. The number of hydrogen-bond acceptors (Lipinski definition) is 4. The van der Waals surface area contributed by atoms with Crippen LogP contribution in [0.4, 0.5) is 17.2 Å². The zero-order valence-corrected chi connectivity index (χ0v) is 10.1. The van der Waals surface area contributed by atoms with Gasteiger partial charge in [0.2, 0.25) is 0 Å². The van der Waals surface area contributed by atoms with E-state index >= 15 is 0 Å². The van der Waals surface area contributed by atoms with Crippen LogP contribution in [0.5, 0.6) is 0 Å². The molecule has 1 amide bonds. The minimum Gasteiger partial charge on any atom is -0.397 e. The van der Waals surface area contributed by atoms with Crippen LogP contribution in [-0.4, -0.2) is 10.9 Å². The molecule has 2 rings (SSSR count). The number of halogens is 1. The average molecular weight is 263 g/mol. The molecule has 0 aliphatic heterocycles. The summed E-state index contributed by atoms with van der Waals surface area (Å²) in [7, 11) is 0. The van der Waals surface area contributed by atoms with Crippen molar-refractivity contribution < 1.29 is 4.79 Å². The Bertz CT molecular complexity index is 583. The van der Waals surface area contributed by atoms with E-state index in [9.17, 15) is 4.79 Å². The first-order valence-electron chi connectivity index (χ1n) is 5.14. The highest BCUT2D eigenvalue weighted by atomic mass is 35.5. The number of nitrogens with zero attached hydrogens (tertiary/aromatic N) is 1. The first-order valence-corrected chi connectivity index (χ1v) is 5.52. The number of anilines is 3. The lowest BCUT2D eigenvalue weighted by atomic mass is 10.2. The standard InChI is InChI=1S/C12H11ClN4O/c13-7-1-3-9(4-2-7)17-12-10(11(15)18)5-8(14)6-16-12/h1-6H,14H2,(H2,15,18)(H,16,17). The molecule has 2 aromatic rings. The van der Waals surface area contributed by atoms with Crippen molar-refractivity contribution in [2.24, 2.45) is 5.73 Å². The van der Waals surface area contributed by atoms with E-state index < -0.39 is 5.91 Å². The lowest BCUT2D eigenvalue weighted by molar-refractivity contribution is 0.100. The predicted molar refractivity (Wildman–Crippen MR) is 71.9 cm³/mol. The Balaban J connectivity index is 2.34. The van der Waals surface area contributed by atoms with Gasteiger partial charge in [-0.05, 0) is 30.3 Å². The van der Waals surface area contributed by atoms with Crippen molar-refractivity contribution in [1.82, 2.24) is 4.98 Å². The third-order valence-electron chi connectivity index (χ3n) is 2.28. The van der Waals surface area contributed by atoms with Crippen molar-refractivity contribution in [2.75, 3.05) is 11.1 Å². The summed E-state index contributed by atoms with van der Waals surface area (Å²) < 4.78 is 0. The van der Waals surface area contributed by atoms with Crippen LogP contribution in [0.1, 0.15) is 10.4 Å². The number of carbonyl (C=O) groups is 1. The van der Waals surface area contributed by atoms with Crippen LogP contribution in [0.25, 0.3) is 0 Å². The summed E-state index contributed by atoms with van der Waals surface area (Å²) in [4.78, 5) is 15.3. The van der Waals surface area contributed by atoms with E-state index in [0.717, 1.165) is 5.69 Å². The van der Waals surface area contributed by atoms with Gasteiger partial charge in [-0.1, -0.05) is 11.6 Å². The molecule has 1 aromatic heterocycles. The zero-order chi connectivity index (χ0) is 13.1. The van der Waals surface area contributed by atoms with E-state index in [-0.39, 0.29) is 5.56 Å². The minimum absolute atomic E-state index is 0.241. The highest BCUT2D eigenvalue weighted by molar-refractivity contribution is 6.30. The highest BCUT2D eigenvalue weighted by Gasteiger charge is 2.10. The third-order valence-corrected chi connectivity index (χ3v) is 2.53. The molecule has 0 radical (unpaired) electrons. The number of primary amides is 1. The van der Waals surface area contributed by atoms with E-state index in [2.05, 4.69) is 10.3 Å². The average Bonchev–Trinajstić information content (AvgIpc) is 2.34. The molecule has 0 saturated heterocycles. The Morgan fingerprint density at radius 1 is 1.28 bits per heavy atom. The number of rotatable bonds is 3. The molecule has 1 heterocycles. The van der Waals surface area contributed by atoms with Crippen LogP contribution in [-0.2, 0) is 0 Å². The monoisotopic (exact) mass is 262 g/mol. The second-order valence-corrected chi connectivity index (χ2v) is 4.10. The number of nitrogens with one attached hydrogen (secondary N) is 1. The van der Waals surface area contributed by atoms with E-state index in [4.69, 9.17) is 23.1 Å². The van der Waals surface area contributed by atoms with Crippen LogP contribution in [0.3, 0.4) is 0 Å². The summed E-state index contributed by atoms with van der Waals surface area (Å²) >= 11 is 5.78. The molecular weight excluding hydrogens is 252 g/mol. The van der Waals surface area contributed by atoms with Crippen molar-refractivity contribution in [3.8, 4) is 0 Å². The Labute approximate surface area is 109 Å². The minimum atomic E-state index is -0.591. The molecule has 92 valence electrons. The fourth-order valence-corrected chi connectivity index (χ4v) is 1.56. The van der Waals surface area contributed by atoms with Gasteiger partial charge in [-0.15, -0.1) is 0 Å². The number of carbonyl (C=O) groups excluding carboxylic acids is 1. The second-order valence-electron chi connectivity index (χ2n) is 3.66. The first kappa shape index (κ1) is 12.2. The summed E-state index contributed by atoms with van der Waals surface area (Å²) in [6.45, 7) is 0. The quantitative estimate of drug-likeness (QED) is 0.790. The molecular formula is C12H11ClN4O. The van der Waals surface area contributed by atoms with Gasteiger partial charge in [0.05, 0.1) is 17.4 Å². The SMILES string of the molecule is NC(=O)c1cc(N)cnc1Nc1ccc(Cl)cc1. The molecule has 0 aliphatic rings. The number of aromatic nitrogens is 1. The van der Waals surface area contributed by atoms with Gasteiger partial charge in [-0.25, -0.2) is 4.98 Å². The molecule has 0 atom stereocenters. The lowest BCUT2D eigenvalue weighted by Crippen LogP contribution is -2.14. The molecule has 6 heteroatoms. The maximum atomic E-state index is 11.3. The van der Waals surface area contributed by atoms with Gasteiger partial charge in [-0.3, -0.25) is 4.79 Å². The summed E-state index contributed by atoms with van der Waals surface area (Å²) in [6.07, 6.45) is 1.45.